The number of amides is 2. The van der Waals surface area contributed by atoms with Crippen molar-refractivity contribution < 1.29 is 27.5 Å². The third-order valence-corrected chi connectivity index (χ3v) is 8.05. The molecule has 0 aromatic heterocycles. The van der Waals surface area contributed by atoms with Gasteiger partial charge in [-0.2, -0.15) is 0 Å². The summed E-state index contributed by atoms with van der Waals surface area (Å²) >= 11 is 0. The molecule has 2 amide bonds. The molecule has 0 aliphatic carbocycles. The zero-order valence-corrected chi connectivity index (χ0v) is 21.5. The summed E-state index contributed by atoms with van der Waals surface area (Å²) in [6.45, 7) is 1.51. The predicted octanol–water partition coefficient (Wildman–Crippen LogP) is 1.67. The van der Waals surface area contributed by atoms with Gasteiger partial charge in [0.2, 0.25) is 21.8 Å². The molecule has 1 fully saturated rings. The van der Waals surface area contributed by atoms with Crippen molar-refractivity contribution in [3.8, 4) is 0 Å². The van der Waals surface area contributed by atoms with Crippen LogP contribution in [0.1, 0.15) is 24.0 Å². The van der Waals surface area contributed by atoms with Gasteiger partial charge in [0.1, 0.15) is 12.6 Å². The number of piperidine rings is 1. The van der Waals surface area contributed by atoms with Crippen molar-refractivity contribution in [2.24, 2.45) is 0 Å². The van der Waals surface area contributed by atoms with E-state index in [2.05, 4.69) is 5.32 Å². The summed E-state index contributed by atoms with van der Waals surface area (Å²) < 4.78 is 37.1. The lowest BCUT2D eigenvalue weighted by atomic mass is 9.74. The Balaban J connectivity index is 1.44. The smallest absolute Gasteiger partial charge is 0.247 e. The number of nitrogens with zero attached hydrogens (tertiary/aromatic N) is 2. The summed E-state index contributed by atoms with van der Waals surface area (Å²) in [5.41, 5.74) is 2.37. The van der Waals surface area contributed by atoms with Crippen molar-refractivity contribution in [3.05, 3.63) is 65.7 Å². The van der Waals surface area contributed by atoms with Crippen molar-refractivity contribution in [1.29, 1.82) is 0 Å². The SMILES string of the molecule is COCC(=O)N[C@H](COCc1ccccc1)C(=O)N1CCC2(CC1)CN(S(C)(=O)=O)c1ccccc12. The Morgan fingerprint density at radius 2 is 1.72 bits per heavy atom. The molecule has 1 spiro atoms. The summed E-state index contributed by atoms with van der Waals surface area (Å²) in [6.07, 6.45) is 2.49. The third-order valence-electron chi connectivity index (χ3n) is 6.93. The van der Waals surface area contributed by atoms with Gasteiger partial charge in [-0.05, 0) is 30.0 Å². The molecular formula is C26H33N3O6S. The highest BCUT2D eigenvalue weighted by molar-refractivity contribution is 7.92. The first kappa shape index (κ1) is 26.1. The van der Waals surface area contributed by atoms with Crippen LogP contribution in [0.2, 0.25) is 0 Å². The molecule has 10 heteroatoms. The highest BCUT2D eigenvalue weighted by Crippen LogP contribution is 2.47. The Bertz CT molecular complexity index is 1180. The van der Waals surface area contributed by atoms with Gasteiger partial charge in [-0.1, -0.05) is 48.5 Å². The minimum absolute atomic E-state index is 0.0372. The molecule has 194 valence electrons. The number of fused-ring (bicyclic) bond motifs is 2. The van der Waals surface area contributed by atoms with Crippen LogP contribution in [0.15, 0.2) is 54.6 Å². The molecule has 2 aliphatic heterocycles. The van der Waals surface area contributed by atoms with E-state index in [1.807, 2.05) is 54.6 Å². The monoisotopic (exact) mass is 515 g/mol. The molecule has 0 saturated carbocycles. The quantitative estimate of drug-likeness (QED) is 0.545. The van der Waals surface area contributed by atoms with Crippen molar-refractivity contribution >= 4 is 27.5 Å². The number of ether oxygens (including phenoxy) is 2. The Hall–Kier alpha value is -2.95. The van der Waals surface area contributed by atoms with Crippen LogP contribution in [0, 0.1) is 0 Å². The van der Waals surface area contributed by atoms with Crippen LogP contribution in [0.5, 0.6) is 0 Å². The maximum Gasteiger partial charge on any atom is 0.247 e. The molecule has 2 aliphatic rings. The second kappa shape index (κ2) is 11.0. The second-order valence-corrected chi connectivity index (χ2v) is 11.4. The topological polar surface area (TPSA) is 105 Å². The fraction of sp³-hybridized carbons (Fsp3) is 0.462. The molecule has 36 heavy (non-hydrogen) atoms. The predicted molar refractivity (Wildman–Crippen MR) is 136 cm³/mol. The average Bonchev–Trinajstić information content (AvgIpc) is 3.19. The first-order valence-corrected chi connectivity index (χ1v) is 13.8. The van der Waals surface area contributed by atoms with Crippen LogP contribution in [-0.4, -0.2) is 77.4 Å². The normalized spacial score (nSPS) is 17.6. The van der Waals surface area contributed by atoms with E-state index in [1.165, 1.54) is 17.7 Å². The first-order chi connectivity index (χ1) is 17.2. The summed E-state index contributed by atoms with van der Waals surface area (Å²) in [5.74, 6) is -0.602. The van der Waals surface area contributed by atoms with E-state index < -0.39 is 16.1 Å². The van der Waals surface area contributed by atoms with Crippen molar-refractivity contribution in [3.63, 3.8) is 0 Å². The molecule has 0 radical (unpaired) electrons. The first-order valence-electron chi connectivity index (χ1n) is 12.0. The number of carbonyl (C=O) groups is 2. The van der Waals surface area contributed by atoms with E-state index in [0.717, 1.165) is 16.8 Å². The maximum atomic E-state index is 13.4. The number of hydrogen-bond acceptors (Lipinski definition) is 6. The molecule has 0 bridgehead atoms. The number of benzene rings is 2. The maximum absolute atomic E-state index is 13.4. The van der Waals surface area contributed by atoms with Gasteiger partial charge in [0.25, 0.3) is 0 Å². The van der Waals surface area contributed by atoms with Gasteiger partial charge in [-0.15, -0.1) is 0 Å². The number of anilines is 1. The summed E-state index contributed by atoms with van der Waals surface area (Å²) in [6, 6.07) is 16.4. The summed E-state index contributed by atoms with van der Waals surface area (Å²) in [7, 11) is -1.99. The summed E-state index contributed by atoms with van der Waals surface area (Å²) in [4.78, 5) is 27.4. The molecule has 1 saturated heterocycles. The van der Waals surface area contributed by atoms with E-state index in [-0.39, 0.29) is 30.4 Å². The number of carbonyl (C=O) groups excluding carboxylic acids is 2. The molecule has 1 N–H and O–H groups in total. The van der Waals surface area contributed by atoms with Crippen LogP contribution in [0.25, 0.3) is 0 Å². The Morgan fingerprint density at radius 1 is 1.06 bits per heavy atom. The lowest BCUT2D eigenvalue weighted by Gasteiger charge is -2.40. The highest BCUT2D eigenvalue weighted by Gasteiger charge is 2.47. The number of sulfonamides is 1. The number of likely N-dealkylation sites (tertiary alicyclic amines) is 1. The van der Waals surface area contributed by atoms with E-state index >= 15 is 0 Å². The van der Waals surface area contributed by atoms with E-state index in [9.17, 15) is 18.0 Å². The van der Waals surface area contributed by atoms with Gasteiger partial charge in [0.15, 0.2) is 0 Å². The van der Waals surface area contributed by atoms with Gasteiger partial charge < -0.3 is 19.7 Å². The third kappa shape index (κ3) is 5.71. The second-order valence-electron chi connectivity index (χ2n) is 9.45. The standard InChI is InChI=1S/C26H33N3O6S/c1-34-18-24(30)27-22(17-35-16-20-8-4-3-5-9-20)25(31)28-14-12-26(13-15-28)19-29(36(2,32)33)23-11-7-6-10-21(23)26/h3-11,22H,12-19H2,1-2H3,(H,27,30)/t22-/m1/s1. The Labute approximate surface area is 212 Å². The largest absolute Gasteiger partial charge is 0.375 e. The number of hydrogen-bond donors (Lipinski definition) is 1. The van der Waals surface area contributed by atoms with Crippen molar-refractivity contribution in [2.45, 2.75) is 30.9 Å². The zero-order valence-electron chi connectivity index (χ0n) is 20.7. The summed E-state index contributed by atoms with van der Waals surface area (Å²) in [5, 5.41) is 2.74. The Morgan fingerprint density at radius 3 is 2.39 bits per heavy atom. The van der Waals surface area contributed by atoms with Crippen molar-refractivity contribution in [1.82, 2.24) is 10.2 Å². The molecule has 2 aromatic carbocycles. The van der Waals surface area contributed by atoms with E-state index in [1.54, 1.807) is 4.90 Å². The molecule has 2 aromatic rings. The molecule has 9 nitrogen and oxygen atoms in total. The fourth-order valence-electron chi connectivity index (χ4n) is 5.09. The fourth-order valence-corrected chi connectivity index (χ4v) is 6.09. The average molecular weight is 516 g/mol. The van der Waals surface area contributed by atoms with Gasteiger partial charge in [-0.25, -0.2) is 8.42 Å². The van der Waals surface area contributed by atoms with Gasteiger partial charge >= 0.3 is 0 Å². The van der Waals surface area contributed by atoms with Gasteiger partial charge in [0, 0.05) is 32.2 Å². The minimum atomic E-state index is -3.41. The Kier molecular flexibility index (Phi) is 7.97. The van der Waals surface area contributed by atoms with Crippen LogP contribution < -0.4 is 9.62 Å². The van der Waals surface area contributed by atoms with Crippen LogP contribution in [-0.2, 0) is 41.1 Å². The number of para-hydroxylation sites is 1. The molecule has 4 rings (SSSR count). The van der Waals surface area contributed by atoms with Crippen molar-refractivity contribution in [2.75, 3.05) is 50.5 Å². The van der Waals surface area contributed by atoms with E-state index in [4.69, 9.17) is 9.47 Å². The number of methoxy groups -OCH3 is 1. The molecule has 0 unspecified atom stereocenters. The lowest BCUT2D eigenvalue weighted by molar-refractivity contribution is -0.140. The number of nitrogens with one attached hydrogen (secondary N) is 1. The minimum Gasteiger partial charge on any atom is -0.375 e. The van der Waals surface area contributed by atoms with Crippen LogP contribution in [0.4, 0.5) is 5.69 Å². The van der Waals surface area contributed by atoms with E-state index in [0.29, 0.717) is 39.1 Å². The van der Waals surface area contributed by atoms with Gasteiger partial charge in [-0.3, -0.25) is 13.9 Å². The number of rotatable bonds is 9. The molecular weight excluding hydrogens is 482 g/mol. The van der Waals surface area contributed by atoms with Crippen LogP contribution >= 0.6 is 0 Å². The van der Waals surface area contributed by atoms with Gasteiger partial charge in [0.05, 0.1) is 25.2 Å². The lowest BCUT2D eigenvalue weighted by Crippen LogP contribution is -2.55. The highest BCUT2D eigenvalue weighted by atomic mass is 32.2. The zero-order chi connectivity index (χ0) is 25.8. The molecule has 1 atom stereocenters. The van der Waals surface area contributed by atoms with Crippen LogP contribution in [0.3, 0.4) is 0 Å². The molecule has 2 heterocycles.